The average Bonchev–Trinajstić information content (AvgIpc) is 3.02. The van der Waals surface area contributed by atoms with E-state index in [2.05, 4.69) is 10.6 Å². The fraction of sp³-hybridized carbons (Fsp3) is 0.394. The minimum atomic E-state index is -0.620. The van der Waals surface area contributed by atoms with E-state index in [4.69, 9.17) is 15.2 Å². The third-order valence-electron chi connectivity index (χ3n) is 7.14. The molecule has 3 aromatic carbocycles. The lowest BCUT2D eigenvalue weighted by atomic mass is 10.0. The van der Waals surface area contributed by atoms with Crippen molar-refractivity contribution in [1.82, 2.24) is 0 Å². The molecule has 1 saturated heterocycles. The van der Waals surface area contributed by atoms with Crippen LogP contribution in [0.1, 0.15) is 67.6 Å². The van der Waals surface area contributed by atoms with Crippen LogP contribution in [0.4, 0.5) is 17.1 Å². The number of amides is 2. The highest BCUT2D eigenvalue weighted by molar-refractivity contribution is 7.99. The fourth-order valence-electron chi connectivity index (χ4n) is 4.86. The van der Waals surface area contributed by atoms with E-state index in [1.54, 1.807) is 23.9 Å². The number of rotatable bonds is 15. The van der Waals surface area contributed by atoms with E-state index in [1.807, 2.05) is 60.7 Å². The summed E-state index contributed by atoms with van der Waals surface area (Å²) in [4.78, 5) is 24.8. The molecule has 0 aliphatic carbocycles. The van der Waals surface area contributed by atoms with Gasteiger partial charge < -0.3 is 36.1 Å². The lowest BCUT2D eigenvalue weighted by molar-refractivity contribution is -0.245. The van der Waals surface area contributed by atoms with Gasteiger partial charge in [0.2, 0.25) is 11.8 Å². The summed E-state index contributed by atoms with van der Waals surface area (Å²) in [5.41, 5.74) is 10.3. The molecule has 3 aromatic rings. The third-order valence-corrected chi connectivity index (χ3v) is 8.22. The summed E-state index contributed by atoms with van der Waals surface area (Å²) in [5.74, 6) is 1.18. The molecule has 0 saturated carbocycles. The minimum absolute atomic E-state index is 0.0156. The van der Waals surface area contributed by atoms with Gasteiger partial charge in [0.05, 0.1) is 36.8 Å². The third kappa shape index (κ3) is 10.4. The molecule has 1 heterocycles. The molecule has 0 aromatic heterocycles. The summed E-state index contributed by atoms with van der Waals surface area (Å²) in [6.07, 6.45) is 2.60. The number of ether oxygens (including phenoxy) is 2. The fourth-order valence-corrected chi connectivity index (χ4v) is 5.63. The molecule has 0 unspecified atom stereocenters. The highest BCUT2D eigenvalue weighted by Gasteiger charge is 2.32. The Hall–Kier alpha value is -3.41. The maximum Gasteiger partial charge on any atom is 0.224 e. The molecule has 9 nitrogen and oxygen atoms in total. The van der Waals surface area contributed by atoms with Gasteiger partial charge >= 0.3 is 0 Å². The van der Waals surface area contributed by atoms with Gasteiger partial charge in [-0.2, -0.15) is 11.8 Å². The summed E-state index contributed by atoms with van der Waals surface area (Å²) in [7, 11) is 0. The Labute approximate surface area is 257 Å². The maximum atomic E-state index is 12.7. The first-order chi connectivity index (χ1) is 20.9. The first-order valence-electron chi connectivity index (χ1n) is 14.7. The number of benzene rings is 3. The zero-order valence-corrected chi connectivity index (χ0v) is 25.1. The maximum absolute atomic E-state index is 12.7. The van der Waals surface area contributed by atoms with Crippen LogP contribution in [0.15, 0.2) is 72.8 Å². The molecule has 0 radical (unpaired) electrons. The van der Waals surface area contributed by atoms with Crippen molar-refractivity contribution in [3.8, 4) is 0 Å². The highest BCUT2D eigenvalue weighted by atomic mass is 32.2. The molecule has 1 fully saturated rings. The van der Waals surface area contributed by atoms with Crippen LogP contribution in [0.25, 0.3) is 0 Å². The molecule has 43 heavy (non-hydrogen) atoms. The molecular formula is C33H41N3O6S. The Balaban J connectivity index is 1.27. The van der Waals surface area contributed by atoms with Crippen LogP contribution in [0, 0.1) is 0 Å². The van der Waals surface area contributed by atoms with Gasteiger partial charge in [-0.05, 0) is 48.2 Å². The summed E-state index contributed by atoms with van der Waals surface area (Å²) in [6, 6.07) is 22.4. The Morgan fingerprint density at radius 2 is 1.60 bits per heavy atom. The number of nitrogens with two attached hydrogens (primary N) is 1. The Morgan fingerprint density at radius 3 is 2.33 bits per heavy atom. The second-order valence-corrected chi connectivity index (χ2v) is 11.7. The number of para-hydroxylation sites is 2. The van der Waals surface area contributed by atoms with Crippen LogP contribution in [0.5, 0.6) is 0 Å². The number of hydrogen-bond acceptors (Lipinski definition) is 8. The molecule has 1 aliphatic heterocycles. The largest absolute Gasteiger partial charge is 0.397 e. The van der Waals surface area contributed by atoms with Crippen molar-refractivity contribution in [2.45, 2.75) is 63.6 Å². The summed E-state index contributed by atoms with van der Waals surface area (Å²) in [5, 5.41) is 24.4. The first kappa shape index (κ1) is 32.5. The number of anilines is 3. The number of aliphatic hydroxyl groups is 2. The van der Waals surface area contributed by atoms with Crippen LogP contribution in [-0.4, -0.2) is 46.2 Å². The number of unbranched alkanes of at least 4 members (excludes halogenated alkanes) is 2. The van der Waals surface area contributed by atoms with E-state index in [-0.39, 0.29) is 37.2 Å². The van der Waals surface area contributed by atoms with Crippen molar-refractivity contribution in [2.24, 2.45) is 0 Å². The summed E-state index contributed by atoms with van der Waals surface area (Å²) in [6.45, 7) is 0.0998. The van der Waals surface area contributed by atoms with Gasteiger partial charge in [0, 0.05) is 42.0 Å². The Kier molecular flexibility index (Phi) is 12.9. The van der Waals surface area contributed by atoms with Gasteiger partial charge in [-0.15, -0.1) is 0 Å². The predicted octanol–water partition coefficient (Wildman–Crippen LogP) is 5.56. The Morgan fingerprint density at radius 1 is 0.860 bits per heavy atom. The van der Waals surface area contributed by atoms with Crippen LogP contribution in [0.3, 0.4) is 0 Å². The van der Waals surface area contributed by atoms with Gasteiger partial charge in [-0.3, -0.25) is 9.59 Å². The lowest BCUT2D eigenvalue weighted by Gasteiger charge is -2.36. The second kappa shape index (κ2) is 17.0. The molecule has 4 rings (SSSR count). The molecule has 0 bridgehead atoms. The number of carbonyl (C=O) groups is 2. The summed E-state index contributed by atoms with van der Waals surface area (Å²) < 4.78 is 12.7. The van der Waals surface area contributed by atoms with Crippen molar-refractivity contribution in [3.05, 3.63) is 89.5 Å². The number of nitrogen functional groups attached to an aromatic ring is 1. The molecule has 1 aliphatic rings. The van der Waals surface area contributed by atoms with Crippen LogP contribution < -0.4 is 16.4 Å². The average molecular weight is 608 g/mol. The Bertz CT molecular complexity index is 1320. The molecule has 3 atom stereocenters. The SMILES string of the molecule is Nc1ccccc1NC(=O)CCCCCC(=O)Nc1cccc([C@H]2O[C@@H](CSCCO)C[C@@H](c3ccc(CO)cc3)O2)c1. The van der Waals surface area contributed by atoms with Gasteiger partial charge in [0.25, 0.3) is 0 Å². The predicted molar refractivity (Wildman–Crippen MR) is 170 cm³/mol. The lowest BCUT2D eigenvalue weighted by Crippen LogP contribution is -2.31. The van der Waals surface area contributed by atoms with E-state index in [1.165, 1.54) is 0 Å². The second-order valence-electron chi connectivity index (χ2n) is 10.5. The normalized spacial score (nSPS) is 18.2. The van der Waals surface area contributed by atoms with E-state index in [0.717, 1.165) is 28.9 Å². The topological polar surface area (TPSA) is 143 Å². The molecule has 230 valence electrons. The van der Waals surface area contributed by atoms with Crippen molar-refractivity contribution >= 4 is 40.6 Å². The minimum Gasteiger partial charge on any atom is -0.397 e. The van der Waals surface area contributed by atoms with E-state index >= 15 is 0 Å². The number of nitrogens with one attached hydrogen (secondary N) is 2. The number of hydrogen-bond donors (Lipinski definition) is 5. The number of carbonyl (C=O) groups excluding carboxylic acids is 2. The van der Waals surface area contributed by atoms with E-state index in [9.17, 15) is 19.8 Å². The van der Waals surface area contributed by atoms with Crippen molar-refractivity contribution in [2.75, 3.05) is 34.5 Å². The zero-order valence-electron chi connectivity index (χ0n) is 24.2. The standard InChI is InChI=1S/C33H41N3O6S/c34-28-9-4-5-10-29(28)36-32(40)12-3-1-2-11-31(39)35-26-8-6-7-25(19-26)33-41-27(22-43-18-17-37)20-30(42-33)24-15-13-23(21-38)14-16-24/h4-10,13-16,19,27,30,33,37-38H,1-3,11-12,17-18,20-22,34H2,(H,35,39)(H,36,40)/t27-,30+,33+/m1/s1. The van der Waals surface area contributed by atoms with Crippen molar-refractivity contribution in [1.29, 1.82) is 0 Å². The van der Waals surface area contributed by atoms with Gasteiger partial charge in [0.15, 0.2) is 6.29 Å². The van der Waals surface area contributed by atoms with E-state index < -0.39 is 6.29 Å². The number of aliphatic hydroxyl groups excluding tert-OH is 2. The van der Waals surface area contributed by atoms with Crippen LogP contribution in [0.2, 0.25) is 0 Å². The quantitative estimate of drug-likeness (QED) is 0.112. The smallest absolute Gasteiger partial charge is 0.224 e. The van der Waals surface area contributed by atoms with Gasteiger partial charge in [-0.25, -0.2) is 0 Å². The number of thioether (sulfide) groups is 1. The first-order valence-corrected chi connectivity index (χ1v) is 15.8. The zero-order chi connectivity index (χ0) is 30.4. The highest BCUT2D eigenvalue weighted by Crippen LogP contribution is 2.39. The van der Waals surface area contributed by atoms with Gasteiger partial charge in [0.1, 0.15) is 0 Å². The van der Waals surface area contributed by atoms with Crippen molar-refractivity contribution < 1.29 is 29.3 Å². The van der Waals surface area contributed by atoms with Crippen molar-refractivity contribution in [3.63, 3.8) is 0 Å². The monoisotopic (exact) mass is 607 g/mol. The van der Waals surface area contributed by atoms with Gasteiger partial charge in [-0.1, -0.05) is 55.0 Å². The summed E-state index contributed by atoms with van der Waals surface area (Å²) >= 11 is 1.64. The molecular weight excluding hydrogens is 566 g/mol. The van der Waals surface area contributed by atoms with E-state index in [0.29, 0.717) is 54.9 Å². The molecule has 2 amide bonds. The van der Waals surface area contributed by atoms with Crippen LogP contribution >= 0.6 is 11.8 Å². The van der Waals surface area contributed by atoms with Crippen LogP contribution in [-0.2, 0) is 25.7 Å². The molecule has 6 N–H and O–H groups in total. The molecule has 0 spiro atoms. The molecule has 10 heteroatoms.